The lowest BCUT2D eigenvalue weighted by Gasteiger charge is -2.25. The van der Waals surface area contributed by atoms with Crippen molar-refractivity contribution in [2.24, 2.45) is 7.05 Å². The lowest BCUT2D eigenvalue weighted by Crippen LogP contribution is -2.38. The molecular weight excluding hydrogens is 476 g/mol. The van der Waals surface area contributed by atoms with E-state index in [-0.39, 0.29) is 0 Å². The predicted octanol–water partition coefficient (Wildman–Crippen LogP) is 6.07. The van der Waals surface area contributed by atoms with E-state index in [1.807, 2.05) is 37.4 Å². The number of nitrogens with one attached hydrogen (secondary N) is 1. The second-order valence-corrected chi connectivity index (χ2v) is 9.80. The zero-order valence-corrected chi connectivity index (χ0v) is 21.7. The maximum atomic E-state index is 12.4. The van der Waals surface area contributed by atoms with Gasteiger partial charge in [0.2, 0.25) is 5.95 Å². The number of allylic oxidation sites excluding steroid dienone is 2. The van der Waals surface area contributed by atoms with Crippen molar-refractivity contribution in [3.63, 3.8) is 0 Å². The Morgan fingerprint density at radius 1 is 1.03 bits per heavy atom. The van der Waals surface area contributed by atoms with Crippen LogP contribution in [0.4, 0.5) is 11.6 Å². The number of hydrogen-bond donors (Lipinski definition) is 2. The normalized spacial score (nSPS) is 14.1. The topological polar surface area (TPSA) is 87.5 Å². The standard InChI is InChI=1S/C31H32N4O3/c1-21(30(37)38)32-29(36)25-14-12-22(13-15-25)20-35(31-33-27-10-6-7-11-28(27)34(31)2)26-18-16-24(17-19-26)23-8-4-3-5-9-23/h6-8,10-19,21H,3-5,9,20H2,1-2H3,(H,32,36)(H,37,38)/t21-/m1/s1. The number of anilines is 2. The van der Waals surface area contributed by atoms with Gasteiger partial charge in [-0.15, -0.1) is 0 Å². The molecule has 0 unspecified atom stereocenters. The highest BCUT2D eigenvalue weighted by molar-refractivity contribution is 5.96. The van der Waals surface area contributed by atoms with Crippen LogP contribution < -0.4 is 10.2 Å². The van der Waals surface area contributed by atoms with Crippen LogP contribution in [-0.2, 0) is 18.4 Å². The summed E-state index contributed by atoms with van der Waals surface area (Å²) in [7, 11) is 2.02. The zero-order chi connectivity index (χ0) is 26.6. The van der Waals surface area contributed by atoms with E-state index in [1.54, 1.807) is 12.1 Å². The molecule has 38 heavy (non-hydrogen) atoms. The molecule has 1 aliphatic carbocycles. The molecule has 1 heterocycles. The van der Waals surface area contributed by atoms with Gasteiger partial charge in [-0.2, -0.15) is 0 Å². The number of para-hydroxylation sites is 2. The second kappa shape index (κ2) is 10.9. The van der Waals surface area contributed by atoms with Crippen LogP contribution in [-0.4, -0.2) is 32.6 Å². The van der Waals surface area contributed by atoms with E-state index in [4.69, 9.17) is 10.1 Å². The lowest BCUT2D eigenvalue weighted by atomic mass is 9.93. The van der Waals surface area contributed by atoms with Crippen molar-refractivity contribution in [2.45, 2.75) is 45.2 Å². The summed E-state index contributed by atoms with van der Waals surface area (Å²) in [6.45, 7) is 1.99. The Morgan fingerprint density at radius 2 is 1.76 bits per heavy atom. The van der Waals surface area contributed by atoms with E-state index in [1.165, 1.54) is 30.9 Å². The molecule has 5 rings (SSSR count). The minimum Gasteiger partial charge on any atom is -0.480 e. The fourth-order valence-electron chi connectivity index (χ4n) is 4.89. The van der Waals surface area contributed by atoms with E-state index in [0.717, 1.165) is 41.1 Å². The molecule has 1 amide bonds. The zero-order valence-electron chi connectivity index (χ0n) is 21.7. The van der Waals surface area contributed by atoms with Gasteiger partial charge in [0.05, 0.1) is 17.6 Å². The molecule has 7 nitrogen and oxygen atoms in total. The first-order valence-electron chi connectivity index (χ1n) is 13.0. The molecule has 0 bridgehead atoms. The summed E-state index contributed by atoms with van der Waals surface area (Å²) in [6.07, 6.45) is 7.13. The number of carbonyl (C=O) groups is 2. The number of aliphatic carboxylic acids is 1. The van der Waals surface area contributed by atoms with Gasteiger partial charge in [-0.3, -0.25) is 9.59 Å². The number of carboxylic acid groups (broad SMARTS) is 1. The van der Waals surface area contributed by atoms with E-state index in [0.29, 0.717) is 12.1 Å². The third-order valence-corrected chi connectivity index (χ3v) is 7.12. The van der Waals surface area contributed by atoms with E-state index >= 15 is 0 Å². The van der Waals surface area contributed by atoms with Crippen molar-refractivity contribution < 1.29 is 14.7 Å². The SMILES string of the molecule is C[C@@H](NC(=O)c1ccc(CN(c2ccc(C3=CCCCC3)cc2)c2nc3ccccc3n2C)cc1)C(=O)O. The number of hydrogen-bond acceptors (Lipinski definition) is 4. The Labute approximate surface area is 222 Å². The molecule has 0 aliphatic heterocycles. The van der Waals surface area contributed by atoms with Crippen LogP contribution >= 0.6 is 0 Å². The number of nitrogens with zero attached hydrogens (tertiary/aromatic N) is 3. The fraction of sp³-hybridized carbons (Fsp3) is 0.258. The molecule has 3 aromatic carbocycles. The van der Waals surface area contributed by atoms with Gasteiger partial charge in [0, 0.05) is 18.3 Å². The highest BCUT2D eigenvalue weighted by atomic mass is 16.4. The highest BCUT2D eigenvalue weighted by Crippen LogP contribution is 2.32. The van der Waals surface area contributed by atoms with Gasteiger partial charge in [0.1, 0.15) is 6.04 Å². The number of carboxylic acids is 1. The molecule has 7 heteroatoms. The molecule has 0 radical (unpaired) electrons. The molecule has 1 aliphatic rings. The largest absolute Gasteiger partial charge is 0.480 e. The number of amides is 1. The van der Waals surface area contributed by atoms with Crippen LogP contribution in [0.3, 0.4) is 0 Å². The minimum absolute atomic E-state index is 0.411. The van der Waals surface area contributed by atoms with Gasteiger partial charge in [0.15, 0.2) is 0 Å². The van der Waals surface area contributed by atoms with Gasteiger partial charge >= 0.3 is 5.97 Å². The summed E-state index contributed by atoms with van der Waals surface area (Å²) in [6, 6.07) is 23.1. The maximum absolute atomic E-state index is 12.4. The molecule has 0 saturated heterocycles. The number of aromatic nitrogens is 2. The van der Waals surface area contributed by atoms with Gasteiger partial charge in [0.25, 0.3) is 5.91 Å². The molecular formula is C31H32N4O3. The minimum atomic E-state index is -1.07. The number of fused-ring (bicyclic) bond motifs is 1. The van der Waals surface area contributed by atoms with Crippen molar-refractivity contribution >= 4 is 40.1 Å². The van der Waals surface area contributed by atoms with Crippen LogP contribution in [0.25, 0.3) is 16.6 Å². The molecule has 194 valence electrons. The Morgan fingerprint density at radius 3 is 2.42 bits per heavy atom. The Hall–Kier alpha value is -4.39. The molecule has 2 N–H and O–H groups in total. The summed E-state index contributed by atoms with van der Waals surface area (Å²) in [5.41, 5.74) is 7.11. The first kappa shape index (κ1) is 25.3. The Kier molecular flexibility index (Phi) is 7.26. The Bertz CT molecular complexity index is 1490. The number of benzene rings is 3. The van der Waals surface area contributed by atoms with Crippen LogP contribution in [0.2, 0.25) is 0 Å². The van der Waals surface area contributed by atoms with Crippen molar-refractivity contribution in [3.8, 4) is 0 Å². The molecule has 0 fully saturated rings. The molecule has 4 aromatic rings. The van der Waals surface area contributed by atoms with Crippen LogP contribution in [0, 0.1) is 0 Å². The summed E-state index contributed by atoms with van der Waals surface area (Å²) < 4.78 is 2.10. The highest BCUT2D eigenvalue weighted by Gasteiger charge is 2.19. The third kappa shape index (κ3) is 5.32. The van der Waals surface area contributed by atoms with Gasteiger partial charge in [-0.1, -0.05) is 42.5 Å². The monoisotopic (exact) mass is 508 g/mol. The third-order valence-electron chi connectivity index (χ3n) is 7.12. The van der Waals surface area contributed by atoms with Crippen molar-refractivity contribution in [3.05, 3.63) is 95.6 Å². The smallest absolute Gasteiger partial charge is 0.325 e. The van der Waals surface area contributed by atoms with Crippen LogP contribution in [0.1, 0.15) is 54.1 Å². The Balaban J connectivity index is 1.45. The fourth-order valence-corrected chi connectivity index (χ4v) is 4.89. The number of rotatable bonds is 8. The number of aryl methyl sites for hydroxylation is 1. The van der Waals surface area contributed by atoms with E-state index < -0.39 is 17.9 Å². The van der Waals surface area contributed by atoms with Gasteiger partial charge < -0.3 is 19.9 Å². The molecule has 0 saturated carbocycles. The summed E-state index contributed by atoms with van der Waals surface area (Å²) in [5, 5.41) is 11.6. The summed E-state index contributed by atoms with van der Waals surface area (Å²) >= 11 is 0. The predicted molar refractivity (Wildman–Crippen MR) is 150 cm³/mol. The average Bonchev–Trinajstić information content (AvgIpc) is 3.28. The number of imidazole rings is 1. The van der Waals surface area contributed by atoms with Crippen LogP contribution in [0.15, 0.2) is 78.9 Å². The average molecular weight is 509 g/mol. The quantitative estimate of drug-likeness (QED) is 0.302. The first-order chi connectivity index (χ1) is 18.4. The molecule has 0 spiro atoms. The van der Waals surface area contributed by atoms with Crippen molar-refractivity contribution in [1.82, 2.24) is 14.9 Å². The molecule has 1 atom stereocenters. The van der Waals surface area contributed by atoms with Gasteiger partial charge in [-0.25, -0.2) is 4.98 Å². The van der Waals surface area contributed by atoms with Crippen molar-refractivity contribution in [2.75, 3.05) is 4.90 Å². The maximum Gasteiger partial charge on any atom is 0.325 e. The second-order valence-electron chi connectivity index (χ2n) is 9.80. The van der Waals surface area contributed by atoms with E-state index in [2.05, 4.69) is 51.2 Å². The number of carbonyl (C=O) groups excluding carboxylic acids is 1. The van der Waals surface area contributed by atoms with E-state index in [9.17, 15) is 9.59 Å². The summed E-state index contributed by atoms with van der Waals surface area (Å²) in [4.78, 5) is 30.7. The van der Waals surface area contributed by atoms with Gasteiger partial charge in [-0.05, 0) is 85.7 Å². The molecule has 1 aromatic heterocycles. The van der Waals surface area contributed by atoms with Crippen molar-refractivity contribution in [1.29, 1.82) is 0 Å². The first-order valence-corrected chi connectivity index (χ1v) is 13.0. The van der Waals surface area contributed by atoms with Crippen LogP contribution in [0.5, 0.6) is 0 Å². The summed E-state index contributed by atoms with van der Waals surface area (Å²) in [5.74, 6) is -0.655. The lowest BCUT2D eigenvalue weighted by molar-refractivity contribution is -0.138.